The maximum atomic E-state index is 6.16. The van der Waals surface area contributed by atoms with Gasteiger partial charge in [-0.3, -0.25) is 0 Å². The lowest BCUT2D eigenvalue weighted by Gasteiger charge is -2.27. The molecule has 0 amide bonds. The summed E-state index contributed by atoms with van der Waals surface area (Å²) >= 11 is 6.16. The summed E-state index contributed by atoms with van der Waals surface area (Å²) in [4.78, 5) is 9.28. The van der Waals surface area contributed by atoms with Crippen LogP contribution in [0.15, 0.2) is 6.07 Å². The summed E-state index contributed by atoms with van der Waals surface area (Å²) < 4.78 is 0. The second kappa shape index (κ2) is 5.16. The zero-order valence-electron chi connectivity index (χ0n) is 11.0. The van der Waals surface area contributed by atoms with Crippen molar-refractivity contribution in [2.24, 2.45) is 5.92 Å². The fourth-order valence-corrected chi connectivity index (χ4v) is 3.32. The minimum absolute atomic E-state index is 0.542. The molecule has 2 aliphatic carbocycles. The summed E-state index contributed by atoms with van der Waals surface area (Å²) in [6.07, 6.45) is 9.01. The maximum Gasteiger partial charge on any atom is 0.133 e. The van der Waals surface area contributed by atoms with E-state index in [0.717, 1.165) is 11.7 Å². The van der Waals surface area contributed by atoms with Crippen molar-refractivity contribution >= 4 is 11.6 Å². The van der Waals surface area contributed by atoms with Crippen molar-refractivity contribution < 1.29 is 0 Å². The molecule has 1 heterocycles. The van der Waals surface area contributed by atoms with Crippen LogP contribution in [-0.4, -0.2) is 9.97 Å². The van der Waals surface area contributed by atoms with Crippen LogP contribution >= 0.6 is 11.6 Å². The Bertz CT molecular complexity index is 429. The van der Waals surface area contributed by atoms with Gasteiger partial charge in [-0.25, -0.2) is 9.97 Å². The molecule has 0 N–H and O–H groups in total. The van der Waals surface area contributed by atoms with Crippen LogP contribution in [0, 0.1) is 5.92 Å². The van der Waals surface area contributed by atoms with Crippen LogP contribution in [-0.2, 0) is 0 Å². The van der Waals surface area contributed by atoms with Crippen molar-refractivity contribution in [1.82, 2.24) is 9.97 Å². The molecule has 0 spiro atoms. The predicted octanol–water partition coefficient (Wildman–Crippen LogP) is 4.69. The lowest BCUT2D eigenvalue weighted by Crippen LogP contribution is -2.16. The summed E-state index contributed by atoms with van der Waals surface area (Å²) in [7, 11) is 0. The number of hydrogen-bond donors (Lipinski definition) is 0. The molecule has 18 heavy (non-hydrogen) atoms. The molecule has 0 aromatic carbocycles. The molecule has 2 unspecified atom stereocenters. The molecule has 3 heteroatoms. The van der Waals surface area contributed by atoms with E-state index >= 15 is 0 Å². The summed E-state index contributed by atoms with van der Waals surface area (Å²) in [6, 6.07) is 1.96. The SMILES string of the molecule is CCC1CCCC(c2nc(Cl)cc(C3CC3)n2)C1. The predicted molar refractivity (Wildman–Crippen MR) is 74.0 cm³/mol. The highest BCUT2D eigenvalue weighted by atomic mass is 35.5. The Hall–Kier alpha value is -0.630. The molecular formula is C15H21ClN2. The standard InChI is InChI=1S/C15H21ClN2/c1-2-10-4-3-5-12(8-10)15-17-13(11-6-7-11)9-14(16)18-15/h9-12H,2-8H2,1H3. The maximum absolute atomic E-state index is 6.16. The Kier molecular flexibility index (Phi) is 3.56. The van der Waals surface area contributed by atoms with Crippen molar-refractivity contribution in [3.63, 3.8) is 0 Å². The van der Waals surface area contributed by atoms with Gasteiger partial charge in [-0.2, -0.15) is 0 Å². The highest BCUT2D eigenvalue weighted by molar-refractivity contribution is 6.29. The molecule has 2 aliphatic rings. The van der Waals surface area contributed by atoms with Crippen LogP contribution in [0.2, 0.25) is 5.15 Å². The van der Waals surface area contributed by atoms with E-state index in [1.807, 2.05) is 6.07 Å². The van der Waals surface area contributed by atoms with Gasteiger partial charge in [0.05, 0.1) is 0 Å². The van der Waals surface area contributed by atoms with Gasteiger partial charge in [0, 0.05) is 17.5 Å². The smallest absolute Gasteiger partial charge is 0.133 e. The number of halogens is 1. The first-order valence-corrected chi connectivity index (χ1v) is 7.68. The second-order valence-corrected chi connectivity index (χ2v) is 6.27. The van der Waals surface area contributed by atoms with Gasteiger partial charge in [0.2, 0.25) is 0 Å². The lowest BCUT2D eigenvalue weighted by atomic mass is 9.80. The molecule has 0 saturated heterocycles. The van der Waals surface area contributed by atoms with Gasteiger partial charge in [0.25, 0.3) is 0 Å². The number of rotatable bonds is 3. The zero-order chi connectivity index (χ0) is 12.5. The minimum Gasteiger partial charge on any atom is -0.237 e. The van der Waals surface area contributed by atoms with E-state index in [0.29, 0.717) is 17.0 Å². The van der Waals surface area contributed by atoms with Crippen molar-refractivity contribution in [3.8, 4) is 0 Å². The third kappa shape index (κ3) is 2.69. The molecule has 2 atom stereocenters. The first-order chi connectivity index (χ1) is 8.76. The fourth-order valence-electron chi connectivity index (χ4n) is 3.12. The van der Waals surface area contributed by atoms with E-state index in [-0.39, 0.29) is 0 Å². The summed E-state index contributed by atoms with van der Waals surface area (Å²) in [5, 5.41) is 0.639. The average molecular weight is 265 g/mol. The molecule has 98 valence electrons. The van der Waals surface area contributed by atoms with E-state index < -0.39 is 0 Å². The second-order valence-electron chi connectivity index (χ2n) is 5.89. The largest absolute Gasteiger partial charge is 0.237 e. The summed E-state index contributed by atoms with van der Waals surface area (Å²) in [5.41, 5.74) is 1.18. The van der Waals surface area contributed by atoms with Crippen molar-refractivity contribution in [3.05, 3.63) is 22.7 Å². The molecule has 0 aliphatic heterocycles. The van der Waals surface area contributed by atoms with Gasteiger partial charge >= 0.3 is 0 Å². The molecule has 3 rings (SSSR count). The Morgan fingerprint density at radius 3 is 2.72 bits per heavy atom. The van der Waals surface area contributed by atoms with E-state index in [9.17, 15) is 0 Å². The van der Waals surface area contributed by atoms with Crippen LogP contribution in [0.1, 0.15) is 75.2 Å². The first-order valence-electron chi connectivity index (χ1n) is 7.30. The average Bonchev–Trinajstić information content (AvgIpc) is 3.22. The molecule has 1 aromatic heterocycles. The Morgan fingerprint density at radius 1 is 1.17 bits per heavy atom. The van der Waals surface area contributed by atoms with Crippen molar-refractivity contribution in [2.45, 2.75) is 63.7 Å². The minimum atomic E-state index is 0.542. The Labute approximate surface area is 114 Å². The molecule has 1 aromatic rings. The van der Waals surface area contributed by atoms with Crippen LogP contribution in [0.5, 0.6) is 0 Å². The highest BCUT2D eigenvalue weighted by Crippen LogP contribution is 2.41. The van der Waals surface area contributed by atoms with E-state index in [2.05, 4.69) is 11.9 Å². The molecule has 0 radical (unpaired) electrons. The molecule has 2 fully saturated rings. The van der Waals surface area contributed by atoms with Gasteiger partial charge < -0.3 is 0 Å². The van der Waals surface area contributed by atoms with Crippen molar-refractivity contribution in [2.75, 3.05) is 0 Å². The molecular weight excluding hydrogens is 244 g/mol. The highest BCUT2D eigenvalue weighted by Gasteiger charge is 2.29. The number of hydrogen-bond acceptors (Lipinski definition) is 2. The Balaban J connectivity index is 1.81. The van der Waals surface area contributed by atoms with E-state index in [4.69, 9.17) is 16.6 Å². The van der Waals surface area contributed by atoms with Crippen LogP contribution in [0.25, 0.3) is 0 Å². The first kappa shape index (κ1) is 12.4. The van der Waals surface area contributed by atoms with Gasteiger partial charge in [-0.1, -0.05) is 37.8 Å². The van der Waals surface area contributed by atoms with Gasteiger partial charge in [0.15, 0.2) is 0 Å². The monoisotopic (exact) mass is 264 g/mol. The van der Waals surface area contributed by atoms with Crippen LogP contribution in [0.3, 0.4) is 0 Å². The lowest BCUT2D eigenvalue weighted by molar-refractivity contribution is 0.307. The number of nitrogens with zero attached hydrogens (tertiary/aromatic N) is 2. The zero-order valence-corrected chi connectivity index (χ0v) is 11.8. The Morgan fingerprint density at radius 2 is 2.00 bits per heavy atom. The summed E-state index contributed by atoms with van der Waals surface area (Å²) in [6.45, 7) is 2.29. The normalized spacial score (nSPS) is 28.3. The number of aromatic nitrogens is 2. The van der Waals surface area contributed by atoms with Gasteiger partial charge in [0.1, 0.15) is 11.0 Å². The van der Waals surface area contributed by atoms with E-state index in [1.54, 1.807) is 0 Å². The molecule has 0 bridgehead atoms. The van der Waals surface area contributed by atoms with Gasteiger partial charge in [-0.15, -0.1) is 0 Å². The van der Waals surface area contributed by atoms with E-state index in [1.165, 1.54) is 50.6 Å². The molecule has 2 nitrogen and oxygen atoms in total. The topological polar surface area (TPSA) is 25.8 Å². The molecule has 2 saturated carbocycles. The summed E-state index contributed by atoms with van der Waals surface area (Å²) in [5.74, 6) is 3.08. The third-order valence-corrected chi connectivity index (χ3v) is 4.65. The van der Waals surface area contributed by atoms with Gasteiger partial charge in [-0.05, 0) is 37.7 Å². The quantitative estimate of drug-likeness (QED) is 0.740. The third-order valence-electron chi connectivity index (χ3n) is 4.45. The van der Waals surface area contributed by atoms with Crippen LogP contribution in [0.4, 0.5) is 0 Å². The fraction of sp³-hybridized carbons (Fsp3) is 0.733. The van der Waals surface area contributed by atoms with Crippen molar-refractivity contribution in [1.29, 1.82) is 0 Å². The van der Waals surface area contributed by atoms with Crippen LogP contribution < -0.4 is 0 Å².